The third-order valence-electron chi connectivity index (χ3n) is 6.71. The van der Waals surface area contributed by atoms with Crippen LogP contribution in [0.3, 0.4) is 0 Å². The first kappa shape index (κ1) is 20.8. The molecule has 1 aliphatic heterocycles. The zero-order valence-electron chi connectivity index (χ0n) is 18.6. The summed E-state index contributed by atoms with van der Waals surface area (Å²) in [5.74, 6) is 1.69. The molecule has 0 spiro atoms. The summed E-state index contributed by atoms with van der Waals surface area (Å²) < 4.78 is 7.51. The number of carbonyl (C=O) groups excluding carboxylic acids is 2. The van der Waals surface area contributed by atoms with E-state index in [9.17, 15) is 9.59 Å². The predicted molar refractivity (Wildman–Crippen MR) is 123 cm³/mol. The average molecular weight is 466 g/mol. The summed E-state index contributed by atoms with van der Waals surface area (Å²) in [6.45, 7) is 0. The number of rotatable bonds is 8. The highest BCUT2D eigenvalue weighted by molar-refractivity contribution is 7.99. The normalized spacial score (nSPS) is 23.0. The van der Waals surface area contributed by atoms with Crippen molar-refractivity contribution in [3.8, 4) is 0 Å². The Hall–Kier alpha value is -2.81. The van der Waals surface area contributed by atoms with Gasteiger partial charge in [0, 0.05) is 29.5 Å². The number of benzene rings is 1. The average Bonchev–Trinajstić information content (AvgIpc) is 3.68. The summed E-state index contributed by atoms with van der Waals surface area (Å²) >= 11 is 1.57. The van der Waals surface area contributed by atoms with Crippen LogP contribution in [0.1, 0.15) is 67.9 Å². The third kappa shape index (κ3) is 3.92. The van der Waals surface area contributed by atoms with Gasteiger partial charge in [-0.05, 0) is 44.1 Å². The molecule has 2 amide bonds. The van der Waals surface area contributed by atoms with Gasteiger partial charge in [-0.2, -0.15) is 0 Å². The highest BCUT2D eigenvalue weighted by atomic mass is 32.2. The zero-order valence-corrected chi connectivity index (χ0v) is 19.4. The maximum atomic E-state index is 13.2. The Morgan fingerprint density at radius 3 is 2.45 bits per heavy atom. The number of esters is 1. The molecule has 0 bridgehead atoms. The molecule has 9 heteroatoms. The van der Waals surface area contributed by atoms with Gasteiger partial charge in [0.2, 0.25) is 0 Å². The van der Waals surface area contributed by atoms with Gasteiger partial charge in [0.25, 0.3) is 0 Å². The molecule has 2 heterocycles. The van der Waals surface area contributed by atoms with Crippen molar-refractivity contribution in [3.63, 3.8) is 0 Å². The maximum absolute atomic E-state index is 13.2. The molecule has 2 aromatic rings. The van der Waals surface area contributed by atoms with E-state index in [-0.39, 0.29) is 12.1 Å². The van der Waals surface area contributed by atoms with E-state index in [4.69, 9.17) is 4.74 Å². The van der Waals surface area contributed by atoms with Crippen LogP contribution in [0.5, 0.6) is 0 Å². The second kappa shape index (κ2) is 8.20. The first-order valence-corrected chi connectivity index (χ1v) is 12.7. The Morgan fingerprint density at radius 1 is 1.09 bits per heavy atom. The molecule has 0 saturated heterocycles. The van der Waals surface area contributed by atoms with Crippen molar-refractivity contribution in [2.75, 3.05) is 12.9 Å². The quantitative estimate of drug-likeness (QED) is 0.469. The van der Waals surface area contributed by atoms with Crippen molar-refractivity contribution in [1.29, 1.82) is 0 Å². The summed E-state index contributed by atoms with van der Waals surface area (Å²) in [4.78, 5) is 28.0. The van der Waals surface area contributed by atoms with Gasteiger partial charge in [-0.15, -0.1) is 10.2 Å². The monoisotopic (exact) mass is 465 g/mol. The van der Waals surface area contributed by atoms with Crippen LogP contribution in [0, 0.1) is 0 Å². The Bertz CT molecular complexity index is 1120. The van der Waals surface area contributed by atoms with Crippen LogP contribution in [-0.4, -0.2) is 50.6 Å². The molecular formula is C24H27N5O3S. The van der Waals surface area contributed by atoms with E-state index in [1.165, 1.54) is 20.0 Å². The smallest absolute Gasteiger partial charge is 0.338 e. The number of thioether (sulfide) groups is 1. The van der Waals surface area contributed by atoms with Crippen LogP contribution >= 0.6 is 11.8 Å². The van der Waals surface area contributed by atoms with Crippen molar-refractivity contribution < 1.29 is 14.3 Å². The van der Waals surface area contributed by atoms with E-state index in [2.05, 4.69) is 20.1 Å². The molecule has 0 radical (unpaired) electrons. The number of nitrogens with zero attached hydrogens (tertiary/aromatic N) is 4. The summed E-state index contributed by atoms with van der Waals surface area (Å²) in [6.07, 6.45) is 6.57. The lowest BCUT2D eigenvalue weighted by Crippen LogP contribution is -2.50. The molecule has 4 aliphatic rings. The van der Waals surface area contributed by atoms with E-state index in [1.807, 2.05) is 30.3 Å². The van der Waals surface area contributed by atoms with E-state index >= 15 is 0 Å². The van der Waals surface area contributed by atoms with Crippen molar-refractivity contribution in [1.82, 2.24) is 25.0 Å². The number of hydrogen-bond donors (Lipinski definition) is 1. The standard InChI is InChI=1S/C24H27N5O3S/c1-32-22(30)19-18(13-33-24-27-26-21(15-7-8-15)29(24)17-11-12-17)28(16-9-10-16)23(31)25-20(19)14-5-3-2-4-6-14/h2-6,15-17,20H,7-13H2,1H3,(H,25,31). The minimum absolute atomic E-state index is 0.125. The molecule has 8 nitrogen and oxygen atoms in total. The van der Waals surface area contributed by atoms with Gasteiger partial charge in [-0.25, -0.2) is 9.59 Å². The number of amides is 2. The first-order valence-electron chi connectivity index (χ1n) is 11.7. The number of urea groups is 1. The molecule has 3 fully saturated rings. The van der Waals surface area contributed by atoms with E-state index in [1.54, 1.807) is 16.7 Å². The summed E-state index contributed by atoms with van der Waals surface area (Å²) in [6, 6.07) is 9.51. The van der Waals surface area contributed by atoms with Crippen molar-refractivity contribution >= 4 is 23.8 Å². The maximum Gasteiger partial charge on any atom is 0.338 e. The number of nitrogens with one attached hydrogen (secondary N) is 1. The van der Waals surface area contributed by atoms with Gasteiger partial charge in [0.1, 0.15) is 5.82 Å². The lowest BCUT2D eigenvalue weighted by molar-refractivity contribution is -0.136. The largest absolute Gasteiger partial charge is 0.466 e. The Labute approximate surface area is 196 Å². The fourth-order valence-electron chi connectivity index (χ4n) is 4.61. The van der Waals surface area contributed by atoms with Crippen LogP contribution < -0.4 is 5.32 Å². The fourth-order valence-corrected chi connectivity index (χ4v) is 5.65. The molecule has 3 saturated carbocycles. The van der Waals surface area contributed by atoms with E-state index in [0.717, 1.165) is 47.9 Å². The molecule has 172 valence electrons. The lowest BCUT2D eigenvalue weighted by Gasteiger charge is -2.36. The summed E-state index contributed by atoms with van der Waals surface area (Å²) in [5.41, 5.74) is 2.09. The van der Waals surface area contributed by atoms with Crippen LogP contribution in [0.2, 0.25) is 0 Å². The van der Waals surface area contributed by atoms with Crippen LogP contribution in [0.25, 0.3) is 0 Å². The highest BCUT2D eigenvalue weighted by Gasteiger charge is 2.44. The van der Waals surface area contributed by atoms with Gasteiger partial charge < -0.3 is 14.6 Å². The SMILES string of the molecule is COC(=O)C1=C(CSc2nnc(C3CC3)n2C2CC2)N(C2CC2)C(=O)NC1c1ccccc1. The Morgan fingerprint density at radius 2 is 1.82 bits per heavy atom. The number of ether oxygens (including phenoxy) is 1. The first-order chi connectivity index (χ1) is 16.2. The molecular weight excluding hydrogens is 438 g/mol. The van der Waals surface area contributed by atoms with Crippen molar-refractivity contribution in [2.24, 2.45) is 0 Å². The molecule has 3 aliphatic carbocycles. The van der Waals surface area contributed by atoms with Crippen LogP contribution in [-0.2, 0) is 9.53 Å². The van der Waals surface area contributed by atoms with Gasteiger partial charge in [0.15, 0.2) is 5.16 Å². The Balaban J connectivity index is 1.38. The minimum Gasteiger partial charge on any atom is -0.466 e. The molecule has 1 aromatic carbocycles. The van der Waals surface area contributed by atoms with Gasteiger partial charge in [0.05, 0.1) is 18.7 Å². The molecule has 1 unspecified atom stereocenters. The molecule has 1 N–H and O–H groups in total. The van der Waals surface area contributed by atoms with Crippen LogP contribution in [0.15, 0.2) is 46.8 Å². The molecule has 6 rings (SSSR count). The third-order valence-corrected chi connectivity index (χ3v) is 7.66. The number of hydrogen-bond acceptors (Lipinski definition) is 6. The Kier molecular flexibility index (Phi) is 5.16. The fraction of sp³-hybridized carbons (Fsp3) is 0.500. The second-order valence-corrected chi connectivity index (χ2v) is 10.2. The summed E-state index contributed by atoms with van der Waals surface area (Å²) in [7, 11) is 1.39. The minimum atomic E-state index is -0.542. The van der Waals surface area contributed by atoms with Gasteiger partial charge in [-0.3, -0.25) is 4.90 Å². The highest BCUT2D eigenvalue weighted by Crippen LogP contribution is 2.47. The summed E-state index contributed by atoms with van der Waals surface area (Å²) in [5, 5.41) is 13.0. The molecule has 1 atom stereocenters. The van der Waals surface area contributed by atoms with Gasteiger partial charge >= 0.3 is 12.0 Å². The predicted octanol–water partition coefficient (Wildman–Crippen LogP) is 3.94. The topological polar surface area (TPSA) is 89.3 Å². The van der Waals surface area contributed by atoms with Crippen molar-refractivity contribution in [2.45, 2.75) is 67.7 Å². The van der Waals surface area contributed by atoms with Crippen molar-refractivity contribution in [3.05, 3.63) is 53.0 Å². The lowest BCUT2D eigenvalue weighted by atomic mass is 9.95. The number of carbonyl (C=O) groups is 2. The van der Waals surface area contributed by atoms with Gasteiger partial charge in [-0.1, -0.05) is 42.1 Å². The van der Waals surface area contributed by atoms with E-state index < -0.39 is 12.0 Å². The second-order valence-electron chi connectivity index (χ2n) is 9.25. The van der Waals surface area contributed by atoms with E-state index in [0.29, 0.717) is 23.3 Å². The van der Waals surface area contributed by atoms with Crippen LogP contribution in [0.4, 0.5) is 4.79 Å². The molecule has 1 aromatic heterocycles. The number of aromatic nitrogens is 3. The molecule has 33 heavy (non-hydrogen) atoms. The number of methoxy groups -OCH3 is 1. The zero-order chi connectivity index (χ0) is 22.5.